The van der Waals surface area contributed by atoms with Crippen molar-refractivity contribution in [2.45, 2.75) is 32.7 Å². The number of fused-ring (bicyclic) bond motifs is 1. The molecular weight excluding hydrogens is 414 g/mol. The smallest absolute Gasteiger partial charge is 0.353 e. The molecule has 0 spiro atoms. The highest BCUT2D eigenvalue weighted by molar-refractivity contribution is 6.09. The fourth-order valence-corrected chi connectivity index (χ4v) is 4.21. The van der Waals surface area contributed by atoms with Crippen LogP contribution in [0, 0.1) is 0 Å². The molecule has 0 atom stereocenters. The fourth-order valence-electron chi connectivity index (χ4n) is 4.21. The van der Waals surface area contributed by atoms with Crippen molar-refractivity contribution in [1.29, 1.82) is 0 Å². The molecule has 0 aliphatic rings. The number of methoxy groups -OCH3 is 1. The molecule has 0 unspecified atom stereocenters. The molecule has 168 valence electrons. The van der Waals surface area contributed by atoms with Gasteiger partial charge < -0.3 is 14.4 Å². The number of aromatic nitrogens is 1. The van der Waals surface area contributed by atoms with Crippen LogP contribution in [0.25, 0.3) is 22.0 Å². The molecule has 1 heterocycles. The van der Waals surface area contributed by atoms with E-state index in [9.17, 15) is 14.7 Å². The highest BCUT2D eigenvalue weighted by atomic mass is 16.5. The summed E-state index contributed by atoms with van der Waals surface area (Å²) in [6, 6.07) is 20.9. The monoisotopic (exact) mass is 441 g/mol. The molecule has 0 aliphatic carbocycles. The average Bonchev–Trinajstić information content (AvgIpc) is 3.12. The number of ether oxygens (including phenoxy) is 1. The summed E-state index contributed by atoms with van der Waals surface area (Å²) in [5.74, 6) is -0.307. The van der Waals surface area contributed by atoms with Crippen molar-refractivity contribution in [3.05, 3.63) is 89.1 Å². The van der Waals surface area contributed by atoms with Gasteiger partial charge in [0.1, 0.15) is 17.7 Å². The van der Waals surface area contributed by atoms with Crippen molar-refractivity contribution < 1.29 is 19.4 Å². The highest BCUT2D eigenvalue weighted by Gasteiger charge is 2.24. The Balaban J connectivity index is 1.98. The van der Waals surface area contributed by atoms with E-state index in [1.54, 1.807) is 23.8 Å². The Morgan fingerprint density at radius 3 is 2.36 bits per heavy atom. The molecule has 1 N–H and O–H groups in total. The Morgan fingerprint density at radius 1 is 1.03 bits per heavy atom. The predicted octanol–water partition coefficient (Wildman–Crippen LogP) is 6.17. The van der Waals surface area contributed by atoms with Crippen LogP contribution >= 0.6 is 0 Å². The molecule has 1 aromatic heterocycles. The molecule has 0 saturated carbocycles. The third kappa shape index (κ3) is 4.27. The van der Waals surface area contributed by atoms with Gasteiger partial charge >= 0.3 is 5.97 Å². The molecule has 33 heavy (non-hydrogen) atoms. The third-order valence-electron chi connectivity index (χ3n) is 5.94. The van der Waals surface area contributed by atoms with Crippen LogP contribution in [-0.2, 0) is 12.0 Å². The van der Waals surface area contributed by atoms with Crippen LogP contribution in [0.2, 0.25) is 0 Å². The van der Waals surface area contributed by atoms with E-state index in [1.165, 1.54) is 0 Å². The second-order valence-corrected chi connectivity index (χ2v) is 9.19. The predicted molar refractivity (Wildman–Crippen MR) is 131 cm³/mol. The molecule has 5 nitrogen and oxygen atoms in total. The maximum Gasteiger partial charge on any atom is 0.353 e. The lowest BCUT2D eigenvalue weighted by atomic mass is 9.86. The largest absolute Gasteiger partial charge is 0.497 e. The Kier molecular flexibility index (Phi) is 5.81. The Hall–Kier alpha value is -3.86. The van der Waals surface area contributed by atoms with Gasteiger partial charge in [-0.05, 0) is 52.4 Å². The van der Waals surface area contributed by atoms with Gasteiger partial charge in [0.15, 0.2) is 0 Å². The first-order chi connectivity index (χ1) is 15.7. The lowest BCUT2D eigenvalue weighted by Gasteiger charge is -2.19. The quantitative estimate of drug-likeness (QED) is 0.363. The van der Waals surface area contributed by atoms with Crippen LogP contribution in [0.15, 0.2) is 66.7 Å². The number of carboxylic acids is 1. The van der Waals surface area contributed by atoms with Crippen LogP contribution in [0.5, 0.6) is 5.75 Å². The van der Waals surface area contributed by atoms with Gasteiger partial charge in [-0.15, -0.1) is 0 Å². The summed E-state index contributed by atoms with van der Waals surface area (Å²) < 4.78 is 7.14. The first-order valence-electron chi connectivity index (χ1n) is 10.8. The van der Waals surface area contributed by atoms with Crippen molar-refractivity contribution in [1.82, 2.24) is 4.57 Å². The van der Waals surface area contributed by atoms with Crippen LogP contribution in [0.1, 0.15) is 52.7 Å². The molecule has 3 aromatic carbocycles. The number of benzene rings is 3. The van der Waals surface area contributed by atoms with E-state index >= 15 is 0 Å². The number of nitrogens with zero attached hydrogens (tertiary/aromatic N) is 1. The maximum atomic E-state index is 12.6. The summed E-state index contributed by atoms with van der Waals surface area (Å²) in [6.45, 7) is 6.78. The van der Waals surface area contributed by atoms with Crippen LogP contribution in [0.3, 0.4) is 0 Å². The van der Waals surface area contributed by atoms with Gasteiger partial charge in [-0.1, -0.05) is 57.2 Å². The van der Waals surface area contributed by atoms with Crippen LogP contribution in [0.4, 0.5) is 0 Å². The molecular formula is C28H27NO4. The van der Waals surface area contributed by atoms with Crippen LogP contribution in [-0.4, -0.2) is 29.0 Å². The summed E-state index contributed by atoms with van der Waals surface area (Å²) in [5.41, 5.74) is 4.95. The molecule has 0 radical (unpaired) electrons. The highest BCUT2D eigenvalue weighted by Crippen LogP contribution is 2.37. The fraction of sp³-hybridized carbons (Fsp3) is 0.214. The lowest BCUT2D eigenvalue weighted by Crippen LogP contribution is -2.11. The average molecular weight is 442 g/mol. The molecule has 0 saturated heterocycles. The molecule has 0 fully saturated rings. The minimum absolute atomic E-state index is 0.0147. The summed E-state index contributed by atoms with van der Waals surface area (Å²) in [4.78, 5) is 24.1. The lowest BCUT2D eigenvalue weighted by molar-refractivity contribution is 0.0687. The summed E-state index contributed by atoms with van der Waals surface area (Å²) in [7, 11) is 1.60. The van der Waals surface area contributed by atoms with Crippen LogP contribution < -0.4 is 4.74 Å². The van der Waals surface area contributed by atoms with Gasteiger partial charge in [0.05, 0.1) is 7.11 Å². The Labute approximate surface area is 193 Å². The SMILES string of the molecule is COc1cccc(Cn2c(C(=O)O)c(-c3ccc(C(C)(C)C)cc3)c3cc(C=O)ccc32)c1. The van der Waals surface area contributed by atoms with Gasteiger partial charge in [0.25, 0.3) is 0 Å². The topological polar surface area (TPSA) is 68.5 Å². The summed E-state index contributed by atoms with van der Waals surface area (Å²) >= 11 is 0. The number of carbonyl (C=O) groups excluding carboxylic acids is 1. The standard InChI is InChI=1S/C28H27NO4/c1-28(2,3)21-11-9-20(10-12-21)25-23-15-19(17-30)8-13-24(23)29(26(25)27(31)32)16-18-6-5-7-22(14-18)33-4/h5-15,17H,16H2,1-4H3,(H,31,32). The zero-order valence-corrected chi connectivity index (χ0v) is 19.3. The second kappa shape index (κ2) is 8.58. The summed E-state index contributed by atoms with van der Waals surface area (Å²) in [6.07, 6.45) is 0.783. The van der Waals surface area contributed by atoms with E-state index in [4.69, 9.17) is 4.74 Å². The maximum absolute atomic E-state index is 12.6. The van der Waals surface area contributed by atoms with Gasteiger partial charge in [0.2, 0.25) is 0 Å². The van der Waals surface area contributed by atoms with Crippen molar-refractivity contribution in [2.24, 2.45) is 0 Å². The number of rotatable bonds is 6. The van der Waals surface area contributed by atoms with E-state index in [1.807, 2.05) is 54.6 Å². The van der Waals surface area contributed by atoms with Crippen molar-refractivity contribution in [3.8, 4) is 16.9 Å². The van der Waals surface area contributed by atoms with Gasteiger partial charge in [-0.3, -0.25) is 4.79 Å². The zero-order chi connectivity index (χ0) is 23.8. The van der Waals surface area contributed by atoms with Crippen molar-refractivity contribution in [2.75, 3.05) is 7.11 Å². The molecule has 0 bridgehead atoms. The number of aldehydes is 1. The minimum atomic E-state index is -1.02. The van der Waals surface area contributed by atoms with Gasteiger partial charge in [-0.25, -0.2) is 4.79 Å². The second-order valence-electron chi connectivity index (χ2n) is 9.19. The number of aromatic carboxylic acids is 1. The van der Waals surface area contributed by atoms with Gasteiger partial charge in [0, 0.05) is 28.6 Å². The van der Waals surface area contributed by atoms with E-state index < -0.39 is 5.97 Å². The molecule has 0 amide bonds. The number of carbonyl (C=O) groups is 2. The van der Waals surface area contributed by atoms with Crippen molar-refractivity contribution in [3.63, 3.8) is 0 Å². The van der Waals surface area contributed by atoms with Gasteiger partial charge in [-0.2, -0.15) is 0 Å². The Bertz CT molecular complexity index is 1340. The first-order valence-corrected chi connectivity index (χ1v) is 10.8. The first kappa shape index (κ1) is 22.3. The minimum Gasteiger partial charge on any atom is -0.497 e. The molecule has 0 aliphatic heterocycles. The van der Waals surface area contributed by atoms with E-state index in [0.717, 1.165) is 33.9 Å². The molecule has 4 rings (SSSR count). The van der Waals surface area contributed by atoms with Crippen molar-refractivity contribution >= 4 is 23.2 Å². The van der Waals surface area contributed by atoms with E-state index in [0.29, 0.717) is 23.4 Å². The number of hydrogen-bond donors (Lipinski definition) is 1. The summed E-state index contributed by atoms with van der Waals surface area (Å²) in [5, 5.41) is 11.0. The van der Waals surface area contributed by atoms with E-state index in [2.05, 4.69) is 20.8 Å². The normalized spacial score (nSPS) is 11.5. The third-order valence-corrected chi connectivity index (χ3v) is 5.94. The number of carboxylic acid groups (broad SMARTS) is 1. The molecule has 4 aromatic rings. The Morgan fingerprint density at radius 2 is 1.76 bits per heavy atom. The molecule has 5 heteroatoms. The zero-order valence-electron chi connectivity index (χ0n) is 19.3. The number of hydrogen-bond acceptors (Lipinski definition) is 3. The van der Waals surface area contributed by atoms with E-state index in [-0.39, 0.29) is 11.1 Å².